The van der Waals surface area contributed by atoms with E-state index in [0.717, 1.165) is 37.4 Å². The van der Waals surface area contributed by atoms with Crippen LogP contribution in [0.1, 0.15) is 30.5 Å². The van der Waals surface area contributed by atoms with Gasteiger partial charge in [-0.05, 0) is 44.4 Å². The van der Waals surface area contributed by atoms with Crippen molar-refractivity contribution >= 4 is 0 Å². The third-order valence-electron chi connectivity index (χ3n) is 3.46. The fraction of sp³-hybridized carbons (Fsp3) is 0.600. The van der Waals surface area contributed by atoms with Gasteiger partial charge in [0, 0.05) is 19.6 Å². The quantitative estimate of drug-likeness (QED) is 0.874. The molecule has 0 bridgehead atoms. The fourth-order valence-electron chi connectivity index (χ4n) is 2.64. The summed E-state index contributed by atoms with van der Waals surface area (Å²) in [6, 6.07) is 4.15. The van der Waals surface area contributed by atoms with Gasteiger partial charge in [0.05, 0.1) is 12.2 Å². The molecule has 1 aliphatic rings. The van der Waals surface area contributed by atoms with Crippen LogP contribution < -0.4 is 0 Å². The second kappa shape index (κ2) is 4.90. The summed E-state index contributed by atoms with van der Waals surface area (Å²) in [6.07, 6.45) is 0. The lowest BCUT2D eigenvalue weighted by Crippen LogP contribution is -2.47. The van der Waals surface area contributed by atoms with Crippen molar-refractivity contribution in [3.63, 3.8) is 0 Å². The second-order valence-electron chi connectivity index (χ2n) is 5.90. The number of hydrogen-bond donors (Lipinski definition) is 1. The van der Waals surface area contributed by atoms with Crippen LogP contribution >= 0.6 is 0 Å². The summed E-state index contributed by atoms with van der Waals surface area (Å²) in [4.78, 5) is 2.41. The second-order valence-corrected chi connectivity index (χ2v) is 5.90. The van der Waals surface area contributed by atoms with Gasteiger partial charge in [0.2, 0.25) is 0 Å². The average Bonchev–Trinajstić information content (AvgIpc) is 2.24. The number of phenols is 1. The molecule has 0 spiro atoms. The maximum absolute atomic E-state index is 9.79. The molecule has 1 heterocycles. The first-order valence-electron chi connectivity index (χ1n) is 6.53. The van der Waals surface area contributed by atoms with Gasteiger partial charge in [-0.1, -0.05) is 12.1 Å². The summed E-state index contributed by atoms with van der Waals surface area (Å²) in [5.74, 6) is 0.418. The van der Waals surface area contributed by atoms with Gasteiger partial charge in [-0.15, -0.1) is 0 Å². The number of aromatic hydroxyl groups is 1. The summed E-state index contributed by atoms with van der Waals surface area (Å²) >= 11 is 0. The Morgan fingerprint density at radius 3 is 2.44 bits per heavy atom. The predicted molar refractivity (Wildman–Crippen MR) is 72.9 cm³/mol. The van der Waals surface area contributed by atoms with Crippen LogP contribution in [0.4, 0.5) is 0 Å². The van der Waals surface area contributed by atoms with Crippen molar-refractivity contribution in [3.05, 3.63) is 28.8 Å². The summed E-state index contributed by atoms with van der Waals surface area (Å²) in [5, 5.41) is 9.79. The number of nitrogens with zero attached hydrogens (tertiary/aromatic N) is 1. The van der Waals surface area contributed by atoms with E-state index in [2.05, 4.69) is 30.9 Å². The first-order chi connectivity index (χ1) is 8.37. The van der Waals surface area contributed by atoms with Gasteiger partial charge in [-0.2, -0.15) is 0 Å². The molecule has 18 heavy (non-hydrogen) atoms. The Morgan fingerprint density at radius 2 is 1.89 bits per heavy atom. The van der Waals surface area contributed by atoms with Crippen molar-refractivity contribution in [2.24, 2.45) is 0 Å². The normalized spacial score (nSPS) is 20.0. The van der Waals surface area contributed by atoms with E-state index in [0.29, 0.717) is 5.75 Å². The SMILES string of the molecule is Cc1cc(CN2CCOC(C)(C)C2)cc(C)c1O. The van der Waals surface area contributed by atoms with E-state index >= 15 is 0 Å². The minimum atomic E-state index is -0.0563. The maximum atomic E-state index is 9.79. The van der Waals surface area contributed by atoms with E-state index in [1.165, 1.54) is 5.56 Å². The van der Waals surface area contributed by atoms with Crippen molar-refractivity contribution in [2.45, 2.75) is 39.8 Å². The van der Waals surface area contributed by atoms with Crippen LogP contribution in [0.3, 0.4) is 0 Å². The zero-order valence-corrected chi connectivity index (χ0v) is 11.8. The van der Waals surface area contributed by atoms with Crippen LogP contribution in [0, 0.1) is 13.8 Å². The Labute approximate surface area is 109 Å². The van der Waals surface area contributed by atoms with E-state index in [4.69, 9.17) is 4.74 Å². The van der Waals surface area contributed by atoms with Crippen molar-refractivity contribution in [1.29, 1.82) is 0 Å². The summed E-state index contributed by atoms with van der Waals surface area (Å²) < 4.78 is 5.72. The van der Waals surface area contributed by atoms with Crippen LogP contribution in [0.15, 0.2) is 12.1 Å². The Bertz CT molecular complexity index is 417. The Morgan fingerprint density at radius 1 is 1.28 bits per heavy atom. The fourth-order valence-corrected chi connectivity index (χ4v) is 2.64. The van der Waals surface area contributed by atoms with Crippen molar-refractivity contribution in [3.8, 4) is 5.75 Å². The highest BCUT2D eigenvalue weighted by molar-refractivity contribution is 5.42. The average molecular weight is 249 g/mol. The standard InChI is InChI=1S/C15H23NO2/c1-11-7-13(8-12(2)14(11)17)9-16-5-6-18-15(3,4)10-16/h7-8,17H,5-6,9-10H2,1-4H3. The smallest absolute Gasteiger partial charge is 0.121 e. The number of benzene rings is 1. The largest absolute Gasteiger partial charge is 0.507 e. The highest BCUT2D eigenvalue weighted by atomic mass is 16.5. The molecule has 0 amide bonds. The van der Waals surface area contributed by atoms with Crippen molar-refractivity contribution in [2.75, 3.05) is 19.7 Å². The molecule has 1 aromatic carbocycles. The van der Waals surface area contributed by atoms with Crippen LogP contribution in [0.5, 0.6) is 5.75 Å². The van der Waals surface area contributed by atoms with Gasteiger partial charge in [0.1, 0.15) is 5.75 Å². The maximum Gasteiger partial charge on any atom is 0.121 e. The Balaban J connectivity index is 2.10. The number of rotatable bonds is 2. The Hall–Kier alpha value is -1.06. The molecule has 3 heteroatoms. The number of aryl methyl sites for hydroxylation is 2. The Kier molecular flexibility index (Phi) is 3.64. The number of morpholine rings is 1. The highest BCUT2D eigenvalue weighted by Gasteiger charge is 2.27. The van der Waals surface area contributed by atoms with Crippen LogP contribution in [-0.4, -0.2) is 35.3 Å². The molecule has 0 aromatic heterocycles. The van der Waals surface area contributed by atoms with E-state index in [1.807, 2.05) is 13.8 Å². The van der Waals surface area contributed by atoms with Crippen LogP contribution in [0.25, 0.3) is 0 Å². The topological polar surface area (TPSA) is 32.7 Å². The molecule has 0 radical (unpaired) electrons. The monoisotopic (exact) mass is 249 g/mol. The molecule has 1 aliphatic heterocycles. The minimum Gasteiger partial charge on any atom is -0.507 e. The molecule has 100 valence electrons. The van der Waals surface area contributed by atoms with Gasteiger partial charge >= 0.3 is 0 Å². The molecule has 1 saturated heterocycles. The van der Waals surface area contributed by atoms with Gasteiger partial charge in [0.25, 0.3) is 0 Å². The van der Waals surface area contributed by atoms with Gasteiger partial charge in [-0.25, -0.2) is 0 Å². The predicted octanol–water partition coefficient (Wildman–Crippen LogP) is 2.62. The lowest BCUT2D eigenvalue weighted by atomic mass is 10.0. The molecule has 2 rings (SSSR count). The van der Waals surface area contributed by atoms with Gasteiger partial charge in [-0.3, -0.25) is 4.90 Å². The summed E-state index contributed by atoms with van der Waals surface area (Å²) in [7, 11) is 0. The molecular formula is C15H23NO2. The van der Waals surface area contributed by atoms with E-state index in [1.54, 1.807) is 0 Å². The molecule has 0 aliphatic carbocycles. The minimum absolute atomic E-state index is 0.0563. The van der Waals surface area contributed by atoms with E-state index in [9.17, 15) is 5.11 Å². The molecule has 0 unspecified atom stereocenters. The van der Waals surface area contributed by atoms with Crippen LogP contribution in [0.2, 0.25) is 0 Å². The molecule has 1 fully saturated rings. The molecule has 1 aromatic rings. The highest BCUT2D eigenvalue weighted by Crippen LogP contribution is 2.25. The zero-order chi connectivity index (χ0) is 13.3. The number of ether oxygens (including phenoxy) is 1. The number of phenolic OH excluding ortho intramolecular Hbond substituents is 1. The molecular weight excluding hydrogens is 226 g/mol. The van der Waals surface area contributed by atoms with Gasteiger partial charge < -0.3 is 9.84 Å². The third kappa shape index (κ3) is 3.03. The lowest BCUT2D eigenvalue weighted by molar-refractivity contribution is -0.0882. The van der Waals surface area contributed by atoms with Crippen LogP contribution in [-0.2, 0) is 11.3 Å². The number of hydrogen-bond acceptors (Lipinski definition) is 3. The van der Waals surface area contributed by atoms with Gasteiger partial charge in [0.15, 0.2) is 0 Å². The molecule has 3 nitrogen and oxygen atoms in total. The van der Waals surface area contributed by atoms with E-state index < -0.39 is 0 Å². The molecule has 0 saturated carbocycles. The first kappa shape index (κ1) is 13.4. The zero-order valence-electron chi connectivity index (χ0n) is 11.8. The molecule has 0 atom stereocenters. The summed E-state index contributed by atoms with van der Waals surface area (Å²) in [6.45, 7) is 11.8. The van der Waals surface area contributed by atoms with E-state index in [-0.39, 0.29) is 5.60 Å². The third-order valence-corrected chi connectivity index (χ3v) is 3.46. The summed E-state index contributed by atoms with van der Waals surface area (Å²) in [5.41, 5.74) is 3.12. The van der Waals surface area contributed by atoms with Crippen molar-refractivity contribution < 1.29 is 9.84 Å². The lowest BCUT2D eigenvalue weighted by Gasteiger charge is -2.38. The first-order valence-corrected chi connectivity index (χ1v) is 6.53. The van der Waals surface area contributed by atoms with Crippen molar-refractivity contribution in [1.82, 2.24) is 4.90 Å². The molecule has 1 N–H and O–H groups in total.